The molecule has 16 nitrogen and oxygen atoms in total. The summed E-state index contributed by atoms with van der Waals surface area (Å²) in [5.74, 6) is 1.26. The second-order valence-corrected chi connectivity index (χ2v) is 24.8. The molecular weight excluding hydrogens is 781 g/mol. The topological polar surface area (TPSA) is 190 Å². The van der Waals surface area contributed by atoms with Crippen LogP contribution in [0.3, 0.4) is 0 Å². The number of aromatic amines is 1. The molecule has 4 aromatic heterocycles. The van der Waals surface area contributed by atoms with Crippen LogP contribution in [0.15, 0.2) is 24.8 Å². The summed E-state index contributed by atoms with van der Waals surface area (Å²) in [6, 6.07) is 1.08. The average Bonchev–Trinajstić information content (AvgIpc) is 4.02. The fourth-order valence-corrected chi connectivity index (χ4v) is 8.30. The van der Waals surface area contributed by atoms with Gasteiger partial charge in [0.25, 0.3) is 11.8 Å². The predicted octanol–water partition coefficient (Wildman–Crippen LogP) is 6.04. The third kappa shape index (κ3) is 11.3. The van der Waals surface area contributed by atoms with Gasteiger partial charge in [-0.25, -0.2) is 24.7 Å². The lowest BCUT2D eigenvalue weighted by Crippen LogP contribution is -2.36. The lowest BCUT2D eigenvalue weighted by Gasteiger charge is -2.24. The molecule has 4 aliphatic rings. The van der Waals surface area contributed by atoms with E-state index in [4.69, 9.17) is 14.5 Å². The van der Waals surface area contributed by atoms with Gasteiger partial charge < -0.3 is 39.5 Å². The van der Waals surface area contributed by atoms with Crippen molar-refractivity contribution in [2.75, 3.05) is 45.9 Å². The minimum atomic E-state index is -1.18. The first-order valence-corrected chi connectivity index (χ1v) is 25.3. The molecule has 2 saturated carbocycles. The second-order valence-electron chi connectivity index (χ2n) is 19.2. The smallest absolute Gasteiger partial charge is 0.410 e. The van der Waals surface area contributed by atoms with Gasteiger partial charge >= 0.3 is 6.09 Å². The van der Waals surface area contributed by atoms with Crippen molar-refractivity contribution in [2.24, 2.45) is 11.8 Å². The summed E-state index contributed by atoms with van der Waals surface area (Å²) in [5.41, 5.74) is 5.08. The fraction of sp³-hybridized carbons (Fsp3) is 0.628. The Kier molecular flexibility index (Phi) is 12.9. The van der Waals surface area contributed by atoms with Crippen molar-refractivity contribution >= 4 is 54.2 Å². The van der Waals surface area contributed by atoms with E-state index in [0.717, 1.165) is 69.0 Å². The maximum Gasteiger partial charge on any atom is 0.410 e. The molecule has 6 heterocycles. The summed E-state index contributed by atoms with van der Waals surface area (Å²) < 4.78 is 13.3. The second kappa shape index (κ2) is 18.0. The van der Waals surface area contributed by atoms with E-state index in [2.05, 4.69) is 50.2 Å². The van der Waals surface area contributed by atoms with E-state index in [9.17, 15) is 19.2 Å². The Labute approximate surface area is 353 Å². The highest BCUT2D eigenvalue weighted by molar-refractivity contribution is 6.76. The first-order valence-electron chi connectivity index (χ1n) is 21.6. The molecule has 4 amide bonds. The molecule has 2 aliphatic carbocycles. The minimum absolute atomic E-state index is 0.100. The predicted molar refractivity (Wildman–Crippen MR) is 230 cm³/mol. The zero-order chi connectivity index (χ0) is 42.8. The van der Waals surface area contributed by atoms with Crippen molar-refractivity contribution in [1.29, 1.82) is 0 Å². The highest BCUT2D eigenvalue weighted by Gasteiger charge is 2.32. The van der Waals surface area contributed by atoms with Crippen LogP contribution in [0.2, 0.25) is 25.7 Å². The number of nitrogens with one attached hydrogen (secondary N) is 3. The number of likely N-dealkylation sites (tertiary alicyclic amines) is 2. The molecule has 324 valence electrons. The molecule has 0 radical (unpaired) electrons. The van der Waals surface area contributed by atoms with E-state index in [1.54, 1.807) is 24.2 Å². The van der Waals surface area contributed by atoms with Gasteiger partial charge in [-0.3, -0.25) is 14.4 Å². The Bertz CT molecular complexity index is 2200. The summed E-state index contributed by atoms with van der Waals surface area (Å²) in [6.07, 6.45) is 13.1. The van der Waals surface area contributed by atoms with Crippen molar-refractivity contribution < 1.29 is 28.7 Å². The highest BCUT2D eigenvalue weighted by Crippen LogP contribution is 2.40. The maximum absolute atomic E-state index is 13.3. The number of ether oxygens (including phenoxy) is 2. The van der Waals surface area contributed by atoms with Crippen LogP contribution in [0.4, 0.5) is 4.79 Å². The van der Waals surface area contributed by atoms with E-state index >= 15 is 0 Å². The highest BCUT2D eigenvalue weighted by atomic mass is 28.3. The van der Waals surface area contributed by atoms with Crippen LogP contribution >= 0.6 is 0 Å². The first-order chi connectivity index (χ1) is 28.5. The van der Waals surface area contributed by atoms with Gasteiger partial charge in [-0.1, -0.05) is 19.6 Å². The summed E-state index contributed by atoms with van der Waals surface area (Å²) in [4.78, 5) is 74.6. The number of aromatic nitrogens is 6. The fourth-order valence-electron chi connectivity index (χ4n) is 7.54. The number of H-pyrrole nitrogens is 1. The largest absolute Gasteiger partial charge is 0.444 e. The van der Waals surface area contributed by atoms with E-state index in [1.807, 2.05) is 42.6 Å². The van der Waals surface area contributed by atoms with Crippen molar-refractivity contribution in [2.45, 2.75) is 116 Å². The molecule has 2 aliphatic heterocycles. The number of hydrogen-bond donors (Lipinski definition) is 3. The quantitative estimate of drug-likeness (QED) is 0.106. The van der Waals surface area contributed by atoms with E-state index in [1.165, 1.54) is 0 Å². The molecule has 2 unspecified atom stereocenters. The molecule has 8 rings (SSSR count). The van der Waals surface area contributed by atoms with Crippen molar-refractivity contribution in [1.82, 2.24) is 49.9 Å². The van der Waals surface area contributed by atoms with E-state index in [-0.39, 0.29) is 29.7 Å². The molecule has 0 bridgehead atoms. The van der Waals surface area contributed by atoms with E-state index in [0.29, 0.717) is 90.7 Å². The van der Waals surface area contributed by atoms with Gasteiger partial charge in [-0.2, -0.15) is 0 Å². The zero-order valence-corrected chi connectivity index (χ0v) is 37.3. The monoisotopic (exact) mass is 842 g/mol. The van der Waals surface area contributed by atoms with Gasteiger partial charge in [0.2, 0.25) is 5.91 Å². The van der Waals surface area contributed by atoms with Crippen molar-refractivity contribution in [3.05, 3.63) is 47.3 Å². The van der Waals surface area contributed by atoms with Crippen LogP contribution in [0.25, 0.3) is 22.3 Å². The standard InChI is InChI=1S/C26H41N5O4Si.C17H21N5O2/c1-26(2,3)35-25(33)30-10-9-18(15-30)13-28-24(32)20-16-31(17-34-11-12-36(4,5)6)23-22(20)29-21(14-27-23)19-7-8-19;1-10(23)22-5-4-11(9-22)6-20-17(24)13-7-18-16-15(13)21-14(8-19-16)12-2-3-12/h14,16,18-19H,7-13,15,17H2,1-6H3,(H,28,32);7-8,11-12H,2-6,9H2,1H3,(H,18,19)(H,20,24). The van der Waals surface area contributed by atoms with E-state index < -0.39 is 13.7 Å². The molecule has 0 aromatic carbocycles. The number of amides is 4. The van der Waals surface area contributed by atoms with Crippen LogP contribution in [0, 0.1) is 11.8 Å². The number of carbonyl (C=O) groups excluding carboxylic acids is 4. The Morgan fingerprint density at radius 2 is 1.40 bits per heavy atom. The molecular formula is C43H62N10O6Si. The van der Waals surface area contributed by atoms with Crippen molar-refractivity contribution in [3.8, 4) is 0 Å². The van der Waals surface area contributed by atoms with Crippen LogP contribution in [0.5, 0.6) is 0 Å². The average molecular weight is 843 g/mol. The maximum atomic E-state index is 13.3. The van der Waals surface area contributed by atoms with Gasteiger partial charge in [0.1, 0.15) is 23.4 Å². The van der Waals surface area contributed by atoms with Gasteiger partial charge in [0, 0.05) is 85.1 Å². The number of carbonyl (C=O) groups is 4. The summed E-state index contributed by atoms with van der Waals surface area (Å²) in [7, 11) is -1.18. The lowest BCUT2D eigenvalue weighted by molar-refractivity contribution is -0.127. The summed E-state index contributed by atoms with van der Waals surface area (Å²) >= 11 is 0. The molecule has 2 saturated heterocycles. The molecule has 4 aromatic rings. The SMILES string of the molecule is CC(=O)N1CCC(CNC(=O)c2c[nH]c3ncc(C4CC4)nc23)C1.CC(C)(C)OC(=O)N1CCC(CNC(=O)c2cn(COCC[Si](C)(C)C)c3ncc(C4CC4)nc23)C1. The molecule has 60 heavy (non-hydrogen) atoms. The Morgan fingerprint density at radius 3 is 1.98 bits per heavy atom. The number of rotatable bonds is 13. The van der Waals surface area contributed by atoms with Gasteiger partial charge in [-0.05, 0) is 77.2 Å². The van der Waals surface area contributed by atoms with Crippen LogP contribution in [-0.4, -0.2) is 123 Å². The van der Waals surface area contributed by atoms with Crippen LogP contribution in [-0.2, 0) is 21.0 Å². The molecule has 0 spiro atoms. The number of nitrogens with zero attached hydrogens (tertiary/aromatic N) is 7. The molecule has 4 fully saturated rings. The van der Waals surface area contributed by atoms with Gasteiger partial charge in [0.05, 0.1) is 34.9 Å². The minimum Gasteiger partial charge on any atom is -0.444 e. The Balaban J connectivity index is 0.000000196. The van der Waals surface area contributed by atoms with Crippen LogP contribution in [0.1, 0.15) is 110 Å². The molecule has 3 N–H and O–H groups in total. The Morgan fingerprint density at radius 1 is 0.817 bits per heavy atom. The summed E-state index contributed by atoms with van der Waals surface area (Å²) in [6.45, 7) is 19.0. The molecule has 17 heteroatoms. The summed E-state index contributed by atoms with van der Waals surface area (Å²) in [5, 5.41) is 6.05. The normalized spacial score (nSPS) is 19.4. The van der Waals surface area contributed by atoms with Gasteiger partial charge in [0.15, 0.2) is 11.3 Å². The lowest BCUT2D eigenvalue weighted by atomic mass is 10.1. The zero-order valence-electron chi connectivity index (χ0n) is 36.3. The van der Waals surface area contributed by atoms with Crippen molar-refractivity contribution in [3.63, 3.8) is 0 Å². The third-order valence-electron chi connectivity index (χ3n) is 11.5. The van der Waals surface area contributed by atoms with Gasteiger partial charge in [-0.15, -0.1) is 0 Å². The first kappa shape index (κ1) is 43.2. The third-order valence-corrected chi connectivity index (χ3v) is 13.2. The number of fused-ring (bicyclic) bond motifs is 2. The molecule has 2 atom stereocenters. The number of hydrogen-bond acceptors (Lipinski definition) is 10. The Hall–Kier alpha value is -4.90. The van der Waals surface area contributed by atoms with Crippen LogP contribution < -0.4 is 10.6 Å².